The number of halogens is 1. The summed E-state index contributed by atoms with van der Waals surface area (Å²) in [5.74, 6) is 2.87. The molecule has 1 aliphatic heterocycles. The molecule has 5 nitrogen and oxygen atoms in total. The molecule has 0 aliphatic carbocycles. The Balaban J connectivity index is 1.65. The average Bonchev–Trinajstić information content (AvgIpc) is 3.32. The fourth-order valence-electron chi connectivity index (χ4n) is 3.04. The number of benzene rings is 1. The van der Waals surface area contributed by atoms with E-state index in [0.29, 0.717) is 6.54 Å². The second-order valence-electron chi connectivity index (χ2n) is 5.89. The van der Waals surface area contributed by atoms with E-state index in [-0.39, 0.29) is 11.9 Å². The maximum atomic E-state index is 13.1. The maximum absolute atomic E-state index is 13.1. The van der Waals surface area contributed by atoms with Crippen LogP contribution in [-0.4, -0.2) is 49.7 Å². The first kappa shape index (κ1) is 16.7. The lowest BCUT2D eigenvalue weighted by Gasteiger charge is -2.32. The van der Waals surface area contributed by atoms with Crippen LogP contribution in [0, 0.1) is 5.82 Å². The highest BCUT2D eigenvalue weighted by atomic mass is 32.2. The van der Waals surface area contributed by atoms with Gasteiger partial charge in [0, 0.05) is 29.5 Å². The van der Waals surface area contributed by atoms with Crippen molar-refractivity contribution < 1.29 is 4.39 Å². The third-order valence-corrected chi connectivity index (χ3v) is 6.14. The Hall–Kier alpha value is -1.77. The van der Waals surface area contributed by atoms with Crippen molar-refractivity contribution >= 4 is 23.1 Å². The van der Waals surface area contributed by atoms with Crippen LogP contribution in [0.2, 0.25) is 0 Å². The van der Waals surface area contributed by atoms with Crippen molar-refractivity contribution in [2.45, 2.75) is 12.6 Å². The first-order chi connectivity index (χ1) is 12.3. The Bertz CT molecular complexity index is 797. The van der Waals surface area contributed by atoms with E-state index in [0.717, 1.165) is 36.0 Å². The number of hydrogen-bond donors (Lipinski definition) is 0. The van der Waals surface area contributed by atoms with Gasteiger partial charge in [0.15, 0.2) is 5.82 Å². The number of aromatic nitrogens is 4. The highest BCUT2D eigenvalue weighted by Crippen LogP contribution is 2.32. The Morgan fingerprint density at radius 2 is 1.92 bits per heavy atom. The predicted octanol–water partition coefficient (Wildman–Crippen LogP) is 3.06. The van der Waals surface area contributed by atoms with Crippen molar-refractivity contribution in [1.29, 1.82) is 0 Å². The third kappa shape index (κ3) is 3.75. The standard InChI is InChI=1S/C17H18FN5S2/c18-14-5-3-13(4-6-14)12-23-17(19-20-21-23)16(15-2-1-9-25-15)22-7-10-24-11-8-22/h1-6,9,16H,7-8,10-12H2. The number of thiophene rings is 1. The largest absolute Gasteiger partial charge is 0.287 e. The highest BCUT2D eigenvalue weighted by Gasteiger charge is 2.29. The zero-order valence-corrected chi connectivity index (χ0v) is 15.2. The zero-order valence-electron chi connectivity index (χ0n) is 13.6. The molecule has 8 heteroatoms. The van der Waals surface area contributed by atoms with E-state index in [1.807, 2.05) is 16.4 Å². The van der Waals surface area contributed by atoms with Crippen LogP contribution in [0.25, 0.3) is 0 Å². The van der Waals surface area contributed by atoms with Crippen LogP contribution < -0.4 is 0 Å². The second kappa shape index (κ2) is 7.63. The second-order valence-corrected chi connectivity index (χ2v) is 8.09. The molecular formula is C17H18FN5S2. The van der Waals surface area contributed by atoms with Crippen LogP contribution in [0.1, 0.15) is 22.3 Å². The molecule has 3 aromatic rings. The van der Waals surface area contributed by atoms with Gasteiger partial charge in [-0.3, -0.25) is 4.90 Å². The van der Waals surface area contributed by atoms with Crippen molar-refractivity contribution in [3.63, 3.8) is 0 Å². The summed E-state index contributed by atoms with van der Waals surface area (Å²) < 4.78 is 15.0. The highest BCUT2D eigenvalue weighted by molar-refractivity contribution is 7.99. The quantitative estimate of drug-likeness (QED) is 0.686. The van der Waals surface area contributed by atoms with Gasteiger partial charge in [0.05, 0.1) is 6.54 Å². The summed E-state index contributed by atoms with van der Waals surface area (Å²) in [5.41, 5.74) is 0.981. The molecule has 0 amide bonds. The summed E-state index contributed by atoms with van der Waals surface area (Å²) in [6.07, 6.45) is 0. The van der Waals surface area contributed by atoms with Crippen molar-refractivity contribution in [2.75, 3.05) is 24.6 Å². The zero-order chi connectivity index (χ0) is 17.1. The van der Waals surface area contributed by atoms with Gasteiger partial charge in [0.2, 0.25) is 0 Å². The molecule has 2 aromatic heterocycles. The minimum atomic E-state index is -0.233. The SMILES string of the molecule is Fc1ccc(Cn2nnnc2C(c2cccs2)N2CCSCC2)cc1. The summed E-state index contributed by atoms with van der Waals surface area (Å²) in [5, 5.41) is 14.6. The van der Waals surface area contributed by atoms with Gasteiger partial charge >= 0.3 is 0 Å². The van der Waals surface area contributed by atoms with Crippen LogP contribution in [-0.2, 0) is 6.54 Å². The van der Waals surface area contributed by atoms with Crippen LogP contribution >= 0.6 is 23.1 Å². The summed E-state index contributed by atoms with van der Waals surface area (Å²) in [7, 11) is 0. The molecule has 0 spiro atoms. The number of rotatable bonds is 5. The van der Waals surface area contributed by atoms with E-state index in [1.165, 1.54) is 17.0 Å². The van der Waals surface area contributed by atoms with Gasteiger partial charge in [-0.05, 0) is 39.6 Å². The molecule has 0 saturated carbocycles. The first-order valence-corrected chi connectivity index (χ1v) is 10.2. The van der Waals surface area contributed by atoms with E-state index in [4.69, 9.17) is 0 Å². The molecule has 0 radical (unpaired) electrons. The fraction of sp³-hybridized carbons (Fsp3) is 0.353. The van der Waals surface area contributed by atoms with Crippen LogP contribution in [0.15, 0.2) is 41.8 Å². The minimum Gasteiger partial charge on any atom is -0.287 e. The Labute approximate surface area is 153 Å². The first-order valence-electron chi connectivity index (χ1n) is 8.17. The molecule has 4 rings (SSSR count). The van der Waals surface area contributed by atoms with Gasteiger partial charge < -0.3 is 0 Å². The topological polar surface area (TPSA) is 46.8 Å². The van der Waals surface area contributed by atoms with Crippen molar-refractivity contribution in [3.8, 4) is 0 Å². The lowest BCUT2D eigenvalue weighted by molar-refractivity contribution is 0.238. The smallest absolute Gasteiger partial charge is 0.174 e. The summed E-state index contributed by atoms with van der Waals surface area (Å²) in [4.78, 5) is 3.71. The predicted molar refractivity (Wildman–Crippen MR) is 98.4 cm³/mol. The molecular weight excluding hydrogens is 357 g/mol. The van der Waals surface area contributed by atoms with E-state index >= 15 is 0 Å². The molecule has 1 aliphatic rings. The molecule has 3 heterocycles. The molecule has 0 N–H and O–H groups in total. The molecule has 1 fully saturated rings. The summed E-state index contributed by atoms with van der Waals surface area (Å²) in [6, 6.07) is 10.8. The minimum absolute atomic E-state index is 0.0661. The number of nitrogens with zero attached hydrogens (tertiary/aromatic N) is 5. The van der Waals surface area contributed by atoms with E-state index in [1.54, 1.807) is 23.5 Å². The van der Waals surface area contributed by atoms with Crippen LogP contribution in [0.5, 0.6) is 0 Å². The van der Waals surface area contributed by atoms with Gasteiger partial charge in [-0.2, -0.15) is 11.8 Å². The van der Waals surface area contributed by atoms with Crippen molar-refractivity contribution in [1.82, 2.24) is 25.1 Å². The van der Waals surface area contributed by atoms with Gasteiger partial charge in [0.1, 0.15) is 11.9 Å². The van der Waals surface area contributed by atoms with Gasteiger partial charge in [-0.1, -0.05) is 18.2 Å². The molecule has 0 bridgehead atoms. The normalized spacial score (nSPS) is 16.8. The van der Waals surface area contributed by atoms with Gasteiger partial charge in [-0.25, -0.2) is 9.07 Å². The van der Waals surface area contributed by atoms with Crippen molar-refractivity contribution in [2.24, 2.45) is 0 Å². The summed E-state index contributed by atoms with van der Waals surface area (Å²) >= 11 is 3.72. The Kier molecular flexibility index (Phi) is 5.09. The Morgan fingerprint density at radius 3 is 2.64 bits per heavy atom. The Morgan fingerprint density at radius 1 is 1.12 bits per heavy atom. The number of hydrogen-bond acceptors (Lipinski definition) is 6. The number of tetrazole rings is 1. The van der Waals surface area contributed by atoms with E-state index in [2.05, 4.69) is 37.9 Å². The van der Waals surface area contributed by atoms with E-state index < -0.39 is 0 Å². The average molecular weight is 375 g/mol. The van der Waals surface area contributed by atoms with Crippen LogP contribution in [0.4, 0.5) is 4.39 Å². The third-order valence-electron chi connectivity index (χ3n) is 4.27. The monoisotopic (exact) mass is 375 g/mol. The molecule has 25 heavy (non-hydrogen) atoms. The van der Waals surface area contributed by atoms with Gasteiger partial charge in [-0.15, -0.1) is 16.4 Å². The molecule has 1 aromatic carbocycles. The van der Waals surface area contributed by atoms with Crippen LogP contribution in [0.3, 0.4) is 0 Å². The maximum Gasteiger partial charge on any atom is 0.174 e. The molecule has 1 unspecified atom stereocenters. The lowest BCUT2D eigenvalue weighted by Crippen LogP contribution is -2.37. The summed E-state index contributed by atoms with van der Waals surface area (Å²) in [6.45, 7) is 2.58. The van der Waals surface area contributed by atoms with Gasteiger partial charge in [0.25, 0.3) is 0 Å². The number of thioether (sulfide) groups is 1. The lowest BCUT2D eigenvalue weighted by atomic mass is 10.1. The van der Waals surface area contributed by atoms with E-state index in [9.17, 15) is 4.39 Å². The molecule has 1 saturated heterocycles. The molecule has 1 atom stereocenters. The van der Waals surface area contributed by atoms with Crippen molar-refractivity contribution in [3.05, 3.63) is 63.9 Å². The molecule has 130 valence electrons. The fourth-order valence-corrected chi connectivity index (χ4v) is 4.82.